The predicted octanol–water partition coefficient (Wildman–Crippen LogP) is 3.12. The molecule has 2 aromatic carbocycles. The Labute approximate surface area is 135 Å². The van der Waals surface area contributed by atoms with Crippen LogP contribution in [0.15, 0.2) is 53.4 Å². The van der Waals surface area contributed by atoms with Crippen LogP contribution in [0, 0.1) is 17.0 Å². The smallest absolute Gasteiger partial charge is 0.258 e. The van der Waals surface area contributed by atoms with Crippen molar-refractivity contribution in [2.75, 3.05) is 0 Å². The quantitative estimate of drug-likeness (QED) is 0.672. The van der Waals surface area contributed by atoms with Gasteiger partial charge in [-0.05, 0) is 38.5 Å². The van der Waals surface area contributed by atoms with Crippen LogP contribution in [0.5, 0.6) is 0 Å². The van der Waals surface area contributed by atoms with Gasteiger partial charge >= 0.3 is 0 Å². The second-order valence-corrected chi connectivity index (χ2v) is 7.53. The Morgan fingerprint density at radius 1 is 1.00 bits per heavy atom. The molecule has 7 heteroatoms. The minimum absolute atomic E-state index is 0.0108. The minimum Gasteiger partial charge on any atom is -0.258 e. The van der Waals surface area contributed by atoms with Gasteiger partial charge in [-0.25, -0.2) is 13.1 Å². The lowest BCUT2D eigenvalue weighted by molar-refractivity contribution is -0.384. The zero-order valence-electron chi connectivity index (χ0n) is 13.1. The third-order valence-corrected chi connectivity index (χ3v) is 5.19. The van der Waals surface area contributed by atoms with Crippen molar-refractivity contribution in [1.29, 1.82) is 0 Å². The zero-order valence-corrected chi connectivity index (χ0v) is 13.9. The highest BCUT2D eigenvalue weighted by Gasteiger charge is 2.28. The molecule has 0 radical (unpaired) electrons. The number of aryl methyl sites for hydroxylation is 1. The van der Waals surface area contributed by atoms with Gasteiger partial charge in [0.1, 0.15) is 0 Å². The molecule has 0 saturated carbocycles. The molecule has 2 rings (SSSR count). The lowest BCUT2D eigenvalue weighted by atomic mass is 9.95. The first-order chi connectivity index (χ1) is 10.6. The maximum Gasteiger partial charge on any atom is 0.269 e. The van der Waals surface area contributed by atoms with E-state index in [1.54, 1.807) is 13.8 Å². The molecule has 0 unspecified atom stereocenters. The average Bonchev–Trinajstić information content (AvgIpc) is 2.46. The predicted molar refractivity (Wildman–Crippen MR) is 87.6 cm³/mol. The molecule has 0 fully saturated rings. The van der Waals surface area contributed by atoms with E-state index < -0.39 is 20.5 Å². The second-order valence-electron chi connectivity index (χ2n) is 5.85. The van der Waals surface area contributed by atoms with Gasteiger partial charge in [0.25, 0.3) is 5.69 Å². The highest BCUT2D eigenvalue weighted by Crippen LogP contribution is 2.24. The molecule has 0 bridgehead atoms. The number of non-ortho nitro benzene ring substituents is 1. The fourth-order valence-corrected chi connectivity index (χ4v) is 3.57. The van der Waals surface area contributed by atoms with Gasteiger partial charge in [0, 0.05) is 12.1 Å². The van der Waals surface area contributed by atoms with Crippen LogP contribution in [0.1, 0.15) is 25.0 Å². The Hall–Kier alpha value is -2.25. The SMILES string of the molecule is Cc1ccc(C(C)(C)NS(=O)(=O)c2ccc([N+](=O)[O-])cc2)cc1. The van der Waals surface area contributed by atoms with Crippen LogP contribution < -0.4 is 4.72 Å². The summed E-state index contributed by atoms with van der Waals surface area (Å²) >= 11 is 0. The van der Waals surface area contributed by atoms with Gasteiger partial charge in [0.15, 0.2) is 0 Å². The molecule has 23 heavy (non-hydrogen) atoms. The van der Waals surface area contributed by atoms with Crippen molar-refractivity contribution in [2.24, 2.45) is 0 Å². The number of nitro groups is 1. The Balaban J connectivity index is 2.29. The molecular weight excluding hydrogens is 316 g/mol. The van der Waals surface area contributed by atoms with Crippen LogP contribution in [0.3, 0.4) is 0 Å². The number of rotatable bonds is 5. The van der Waals surface area contributed by atoms with Crippen molar-refractivity contribution in [3.05, 3.63) is 69.8 Å². The zero-order chi connectivity index (χ0) is 17.3. The molecule has 6 nitrogen and oxygen atoms in total. The lowest BCUT2D eigenvalue weighted by Crippen LogP contribution is -2.40. The van der Waals surface area contributed by atoms with Gasteiger partial charge in [0.05, 0.1) is 15.4 Å². The molecule has 1 N–H and O–H groups in total. The lowest BCUT2D eigenvalue weighted by Gasteiger charge is -2.26. The molecular formula is C16H18N2O4S. The summed E-state index contributed by atoms with van der Waals surface area (Å²) in [5.74, 6) is 0. The summed E-state index contributed by atoms with van der Waals surface area (Å²) < 4.78 is 27.6. The Bertz CT molecular complexity index is 810. The molecule has 0 aliphatic heterocycles. The summed E-state index contributed by atoms with van der Waals surface area (Å²) in [7, 11) is -3.79. The van der Waals surface area contributed by atoms with Crippen LogP contribution >= 0.6 is 0 Å². The summed E-state index contributed by atoms with van der Waals surface area (Å²) in [5.41, 5.74) is 0.951. The van der Waals surface area contributed by atoms with E-state index >= 15 is 0 Å². The molecule has 0 aliphatic carbocycles. The normalized spacial score (nSPS) is 12.1. The van der Waals surface area contributed by atoms with Crippen LogP contribution in [0.25, 0.3) is 0 Å². The summed E-state index contributed by atoms with van der Waals surface area (Å²) in [4.78, 5) is 10.1. The fourth-order valence-electron chi connectivity index (χ4n) is 2.17. The molecule has 0 heterocycles. The summed E-state index contributed by atoms with van der Waals surface area (Å²) in [6, 6.07) is 12.4. The van der Waals surface area contributed by atoms with Crippen molar-refractivity contribution in [3.8, 4) is 0 Å². The summed E-state index contributed by atoms with van der Waals surface area (Å²) in [5, 5.41) is 10.6. The first kappa shape index (κ1) is 17.1. The van der Waals surface area contributed by atoms with Crippen molar-refractivity contribution in [3.63, 3.8) is 0 Å². The van der Waals surface area contributed by atoms with E-state index in [-0.39, 0.29) is 10.6 Å². The summed E-state index contributed by atoms with van der Waals surface area (Å²) in [6.45, 7) is 5.49. The van der Waals surface area contributed by atoms with Crippen LogP contribution in [0.4, 0.5) is 5.69 Å². The number of hydrogen-bond donors (Lipinski definition) is 1. The van der Waals surface area contributed by atoms with Crippen molar-refractivity contribution >= 4 is 15.7 Å². The van der Waals surface area contributed by atoms with Crippen LogP contribution in [0.2, 0.25) is 0 Å². The third kappa shape index (κ3) is 3.94. The second kappa shape index (κ2) is 6.10. The van der Waals surface area contributed by atoms with E-state index in [1.807, 2.05) is 31.2 Å². The van der Waals surface area contributed by atoms with Crippen molar-refractivity contribution in [1.82, 2.24) is 4.72 Å². The number of hydrogen-bond acceptors (Lipinski definition) is 4. The molecule has 0 amide bonds. The van der Waals surface area contributed by atoms with E-state index in [0.29, 0.717) is 0 Å². The maximum atomic E-state index is 12.5. The van der Waals surface area contributed by atoms with Crippen molar-refractivity contribution in [2.45, 2.75) is 31.2 Å². The molecule has 0 saturated heterocycles. The number of sulfonamides is 1. The van der Waals surface area contributed by atoms with Gasteiger partial charge in [-0.15, -0.1) is 0 Å². The Morgan fingerprint density at radius 2 is 1.52 bits per heavy atom. The molecule has 0 aliphatic rings. The van der Waals surface area contributed by atoms with Crippen LogP contribution in [-0.2, 0) is 15.6 Å². The third-order valence-electron chi connectivity index (χ3n) is 3.52. The largest absolute Gasteiger partial charge is 0.269 e. The van der Waals surface area contributed by atoms with Gasteiger partial charge < -0.3 is 0 Å². The number of benzene rings is 2. The number of nitro benzene ring substituents is 1. The van der Waals surface area contributed by atoms with E-state index in [0.717, 1.165) is 11.1 Å². The van der Waals surface area contributed by atoms with Crippen LogP contribution in [-0.4, -0.2) is 13.3 Å². The molecule has 0 aromatic heterocycles. The monoisotopic (exact) mass is 334 g/mol. The summed E-state index contributed by atoms with van der Waals surface area (Å²) in [6.07, 6.45) is 0. The Kier molecular flexibility index (Phi) is 4.53. The average molecular weight is 334 g/mol. The molecule has 0 spiro atoms. The number of nitrogens with one attached hydrogen (secondary N) is 1. The highest BCUT2D eigenvalue weighted by atomic mass is 32.2. The minimum atomic E-state index is -3.79. The first-order valence-corrected chi connectivity index (χ1v) is 8.46. The Morgan fingerprint density at radius 3 is 2.00 bits per heavy atom. The fraction of sp³-hybridized carbons (Fsp3) is 0.250. The molecule has 0 atom stereocenters. The van der Waals surface area contributed by atoms with E-state index in [2.05, 4.69) is 4.72 Å². The number of nitrogens with zero attached hydrogens (tertiary/aromatic N) is 1. The molecule has 122 valence electrons. The van der Waals surface area contributed by atoms with Gasteiger partial charge in [-0.1, -0.05) is 29.8 Å². The van der Waals surface area contributed by atoms with E-state index in [4.69, 9.17) is 0 Å². The highest BCUT2D eigenvalue weighted by molar-refractivity contribution is 7.89. The van der Waals surface area contributed by atoms with E-state index in [9.17, 15) is 18.5 Å². The first-order valence-electron chi connectivity index (χ1n) is 6.97. The topological polar surface area (TPSA) is 89.3 Å². The van der Waals surface area contributed by atoms with Gasteiger partial charge in [-0.2, -0.15) is 0 Å². The maximum absolute atomic E-state index is 12.5. The van der Waals surface area contributed by atoms with Gasteiger partial charge in [-0.3, -0.25) is 10.1 Å². The van der Waals surface area contributed by atoms with Gasteiger partial charge in [0.2, 0.25) is 10.0 Å². The van der Waals surface area contributed by atoms with E-state index in [1.165, 1.54) is 24.3 Å². The molecule has 2 aromatic rings. The standard InChI is InChI=1S/C16H18N2O4S/c1-12-4-6-13(7-5-12)16(2,3)17-23(21,22)15-10-8-14(9-11-15)18(19)20/h4-11,17H,1-3H3. The van der Waals surface area contributed by atoms with Crippen molar-refractivity contribution < 1.29 is 13.3 Å².